The van der Waals surface area contributed by atoms with E-state index < -0.39 is 0 Å². The van der Waals surface area contributed by atoms with E-state index in [0.717, 1.165) is 92.8 Å². The summed E-state index contributed by atoms with van der Waals surface area (Å²) in [4.78, 5) is 47.9. The lowest BCUT2D eigenvalue weighted by Gasteiger charge is -2.23. The first-order valence-corrected chi connectivity index (χ1v) is 20.0. The van der Waals surface area contributed by atoms with Crippen LogP contribution >= 0.6 is 0 Å². The third kappa shape index (κ3) is 6.25. The molecule has 6 heterocycles. The van der Waals surface area contributed by atoms with E-state index in [-0.39, 0.29) is 37.5 Å². The molecule has 2 saturated heterocycles. The number of nitrogens with zero attached hydrogens (tertiary/aromatic N) is 4. The van der Waals surface area contributed by atoms with Gasteiger partial charge in [-0.1, -0.05) is 48.5 Å². The summed E-state index contributed by atoms with van der Waals surface area (Å²) >= 11 is 0. The van der Waals surface area contributed by atoms with Crippen LogP contribution in [-0.2, 0) is 22.4 Å². The first-order valence-electron chi connectivity index (χ1n) is 20.0. The number of rotatable bonds is 8. The summed E-state index contributed by atoms with van der Waals surface area (Å²) in [5, 5.41) is 0. The maximum atomic E-state index is 13.5. The number of ether oxygens (including phenoxy) is 4. The van der Waals surface area contributed by atoms with Gasteiger partial charge >= 0.3 is 0 Å². The first kappa shape index (κ1) is 34.4. The van der Waals surface area contributed by atoms with E-state index in [2.05, 4.69) is 58.5 Å². The van der Waals surface area contributed by atoms with Gasteiger partial charge in [0.15, 0.2) is 23.0 Å². The predicted molar refractivity (Wildman–Crippen MR) is 217 cm³/mol. The van der Waals surface area contributed by atoms with Crippen LogP contribution in [0.2, 0.25) is 0 Å². The number of imidazole rings is 2. The van der Waals surface area contributed by atoms with E-state index in [1.807, 2.05) is 58.3 Å². The summed E-state index contributed by atoms with van der Waals surface area (Å²) in [7, 11) is 0. The highest BCUT2D eigenvalue weighted by molar-refractivity contribution is 5.86. The highest BCUT2D eigenvalue weighted by Crippen LogP contribution is 2.38. The Hall–Kier alpha value is -6.82. The van der Waals surface area contributed by atoms with E-state index >= 15 is 0 Å². The average Bonchev–Trinajstić information content (AvgIpc) is 4.10. The zero-order valence-corrected chi connectivity index (χ0v) is 31.7. The van der Waals surface area contributed by atoms with Gasteiger partial charge in [-0.3, -0.25) is 9.59 Å². The zero-order valence-electron chi connectivity index (χ0n) is 31.7. The van der Waals surface area contributed by atoms with Gasteiger partial charge in [0, 0.05) is 13.1 Å². The van der Waals surface area contributed by atoms with Crippen LogP contribution < -0.4 is 18.9 Å². The Kier molecular flexibility index (Phi) is 8.30. The maximum Gasteiger partial charge on any atom is 0.231 e. The monoisotopic (exact) mass is 772 g/mol. The van der Waals surface area contributed by atoms with Gasteiger partial charge in [-0.2, -0.15) is 0 Å². The molecule has 58 heavy (non-hydrogen) atoms. The second kappa shape index (κ2) is 14.0. The number of aromatic nitrogens is 4. The topological polar surface area (TPSA) is 135 Å². The highest BCUT2D eigenvalue weighted by Gasteiger charge is 2.34. The van der Waals surface area contributed by atoms with Crippen molar-refractivity contribution in [2.45, 2.75) is 50.6 Å². The van der Waals surface area contributed by atoms with Crippen molar-refractivity contribution in [2.24, 2.45) is 0 Å². The number of carbonyl (C=O) groups excluding carboxylic acids is 2. The second-order valence-corrected chi connectivity index (χ2v) is 15.5. The standard InChI is InChI=1S/C46H40N6O6/c53-43(21-27-5-15-39-41(19-27)57-25-55-39)51-17-1-3-37(51)45-47-33-13-11-31(23-35(33)49-45)29-7-9-30(10-8-29)32-12-14-34-36(24-32)50-46(48-34)38-4-2-18-52(38)44(54)22-28-6-16-40-42(20-28)58-26-56-40/h5-16,19-20,23-24,37-38H,1-4,17-18,21-22,25-26H2,(H,47,49)(H,48,50)/t37-,38+. The molecule has 12 nitrogen and oxygen atoms in total. The molecule has 4 aliphatic rings. The molecule has 4 aliphatic heterocycles. The lowest BCUT2D eigenvalue weighted by molar-refractivity contribution is -0.132. The summed E-state index contributed by atoms with van der Waals surface area (Å²) in [6, 6.07) is 32.4. The molecule has 0 aliphatic carbocycles. The summed E-state index contributed by atoms with van der Waals surface area (Å²) in [5.74, 6) is 4.62. The number of carbonyl (C=O) groups is 2. The van der Waals surface area contributed by atoms with Crippen LogP contribution in [0, 0.1) is 0 Å². The molecule has 2 N–H and O–H groups in total. The Morgan fingerprint density at radius 3 is 1.43 bits per heavy atom. The minimum absolute atomic E-state index is 0.0802. The Bertz CT molecular complexity index is 2550. The minimum Gasteiger partial charge on any atom is -0.454 e. The number of nitrogens with one attached hydrogen (secondary N) is 2. The number of amides is 2. The number of likely N-dealkylation sites (tertiary alicyclic amines) is 2. The summed E-state index contributed by atoms with van der Waals surface area (Å²) in [6.45, 7) is 1.84. The van der Waals surface area contributed by atoms with Crippen LogP contribution in [0.15, 0.2) is 97.1 Å². The van der Waals surface area contributed by atoms with Gasteiger partial charge in [-0.15, -0.1) is 0 Å². The fourth-order valence-corrected chi connectivity index (χ4v) is 8.94. The van der Waals surface area contributed by atoms with E-state index in [4.69, 9.17) is 28.9 Å². The van der Waals surface area contributed by atoms with Gasteiger partial charge in [-0.05, 0) is 108 Å². The highest BCUT2D eigenvalue weighted by atomic mass is 16.7. The van der Waals surface area contributed by atoms with Crippen molar-refractivity contribution in [3.63, 3.8) is 0 Å². The van der Waals surface area contributed by atoms with Crippen LogP contribution in [0.3, 0.4) is 0 Å². The van der Waals surface area contributed by atoms with E-state index in [1.165, 1.54) is 0 Å². The lowest BCUT2D eigenvalue weighted by atomic mass is 10.00. The summed E-state index contributed by atoms with van der Waals surface area (Å²) < 4.78 is 21.9. The van der Waals surface area contributed by atoms with E-state index in [9.17, 15) is 9.59 Å². The van der Waals surface area contributed by atoms with Crippen LogP contribution in [-0.4, -0.2) is 68.2 Å². The summed E-state index contributed by atoms with van der Waals surface area (Å²) in [6.07, 6.45) is 4.21. The SMILES string of the molecule is O=C(Cc1ccc2c(c1)OCO2)N1CCC[C@@H]1c1nc2ccc(-c3ccc(-c4ccc5nc([C@@H]6CCCN6C(=O)Cc6ccc7c(c6)OCO7)[nH]c5c4)cc3)cc2[nH]1. The molecule has 2 aromatic heterocycles. The van der Waals surface area contributed by atoms with Crippen LogP contribution in [0.25, 0.3) is 44.3 Å². The normalized spacial score (nSPS) is 18.2. The smallest absolute Gasteiger partial charge is 0.231 e. The molecule has 12 heteroatoms. The third-order valence-corrected chi connectivity index (χ3v) is 11.9. The van der Waals surface area contributed by atoms with E-state index in [1.54, 1.807) is 0 Å². The molecule has 11 rings (SSSR count). The van der Waals surface area contributed by atoms with Crippen LogP contribution in [0.5, 0.6) is 23.0 Å². The van der Waals surface area contributed by atoms with Gasteiger partial charge in [0.1, 0.15) is 11.6 Å². The van der Waals surface area contributed by atoms with Crippen molar-refractivity contribution in [2.75, 3.05) is 26.7 Å². The molecule has 7 aromatic rings. The number of benzene rings is 5. The Morgan fingerprint density at radius 2 is 0.966 bits per heavy atom. The van der Waals surface area contributed by atoms with Crippen molar-refractivity contribution in [1.82, 2.24) is 29.7 Å². The van der Waals surface area contributed by atoms with Gasteiger partial charge in [-0.25, -0.2) is 9.97 Å². The molecular formula is C46H40N6O6. The van der Waals surface area contributed by atoms with Crippen LogP contribution in [0.1, 0.15) is 60.5 Å². The van der Waals surface area contributed by atoms with Gasteiger partial charge in [0.25, 0.3) is 0 Å². The van der Waals surface area contributed by atoms with Gasteiger partial charge in [0.05, 0.1) is 47.0 Å². The maximum absolute atomic E-state index is 13.5. The third-order valence-electron chi connectivity index (χ3n) is 11.9. The van der Waals surface area contributed by atoms with Gasteiger partial charge < -0.3 is 38.7 Å². The zero-order chi connectivity index (χ0) is 38.7. The molecule has 0 radical (unpaired) electrons. The van der Waals surface area contributed by atoms with Gasteiger partial charge in [0.2, 0.25) is 25.4 Å². The molecule has 0 bridgehead atoms. The second-order valence-electron chi connectivity index (χ2n) is 15.5. The van der Waals surface area contributed by atoms with Crippen molar-refractivity contribution in [3.05, 3.63) is 120 Å². The quantitative estimate of drug-likeness (QED) is 0.159. The average molecular weight is 773 g/mol. The fraction of sp³-hybridized carbons (Fsp3) is 0.261. The predicted octanol–water partition coefficient (Wildman–Crippen LogP) is 8.04. The van der Waals surface area contributed by atoms with Crippen LogP contribution in [0.4, 0.5) is 0 Å². The number of H-pyrrole nitrogens is 2. The van der Waals surface area contributed by atoms with Crippen molar-refractivity contribution < 1.29 is 28.5 Å². The number of hydrogen-bond acceptors (Lipinski definition) is 8. The Labute approximate surface area is 333 Å². The number of hydrogen-bond donors (Lipinski definition) is 2. The molecule has 2 amide bonds. The minimum atomic E-state index is -0.0909. The van der Waals surface area contributed by atoms with E-state index in [0.29, 0.717) is 48.9 Å². The molecular weight excluding hydrogens is 733 g/mol. The van der Waals surface area contributed by atoms with Crippen molar-refractivity contribution >= 4 is 33.9 Å². The molecule has 2 atom stereocenters. The van der Waals surface area contributed by atoms with Crippen molar-refractivity contribution in [1.29, 1.82) is 0 Å². The summed E-state index contributed by atoms with van der Waals surface area (Å²) in [5.41, 5.74) is 9.84. The van der Waals surface area contributed by atoms with Crippen molar-refractivity contribution in [3.8, 4) is 45.3 Å². The number of fused-ring (bicyclic) bond motifs is 4. The fourth-order valence-electron chi connectivity index (χ4n) is 8.94. The largest absolute Gasteiger partial charge is 0.454 e. The molecule has 290 valence electrons. The first-order chi connectivity index (χ1) is 28.5. The molecule has 0 saturated carbocycles. The molecule has 5 aromatic carbocycles. The molecule has 2 fully saturated rings. The lowest BCUT2D eigenvalue weighted by Crippen LogP contribution is -2.32. The Balaban J connectivity index is 0.774. The number of aromatic amines is 2. The molecule has 0 unspecified atom stereocenters. The molecule has 0 spiro atoms. The Morgan fingerprint density at radius 1 is 0.534 bits per heavy atom.